The number of carbonyl (C=O) groups is 1. The SMILES string of the molecule is C=CC(=O)N1CC[C@@H](n2nc(-c3ccc(Oc4ccccc4)cc3)c3c(N)cncc32)C1. The molecule has 0 saturated carbocycles. The highest BCUT2D eigenvalue weighted by Crippen LogP contribution is 2.36. The first-order valence-electron chi connectivity index (χ1n) is 10.5. The molecule has 1 saturated heterocycles. The molecule has 7 nitrogen and oxygen atoms in total. The fraction of sp³-hybridized carbons (Fsp3) is 0.160. The van der Waals surface area contributed by atoms with Gasteiger partial charge >= 0.3 is 0 Å². The molecule has 0 aliphatic carbocycles. The van der Waals surface area contributed by atoms with E-state index in [4.69, 9.17) is 15.6 Å². The van der Waals surface area contributed by atoms with Gasteiger partial charge in [-0.15, -0.1) is 0 Å². The van der Waals surface area contributed by atoms with Gasteiger partial charge in [-0.2, -0.15) is 5.10 Å². The molecule has 0 radical (unpaired) electrons. The van der Waals surface area contributed by atoms with Crippen molar-refractivity contribution in [1.82, 2.24) is 19.7 Å². The van der Waals surface area contributed by atoms with E-state index in [1.165, 1.54) is 6.08 Å². The summed E-state index contributed by atoms with van der Waals surface area (Å²) in [4.78, 5) is 18.1. The Morgan fingerprint density at radius 1 is 1.09 bits per heavy atom. The largest absolute Gasteiger partial charge is 0.457 e. The number of nitrogens with zero attached hydrogens (tertiary/aromatic N) is 4. The summed E-state index contributed by atoms with van der Waals surface area (Å²) < 4.78 is 7.86. The van der Waals surface area contributed by atoms with E-state index < -0.39 is 0 Å². The molecule has 7 heteroatoms. The van der Waals surface area contributed by atoms with Crippen LogP contribution in [0.1, 0.15) is 12.5 Å². The third-order valence-electron chi connectivity index (χ3n) is 5.75. The van der Waals surface area contributed by atoms with E-state index in [-0.39, 0.29) is 11.9 Å². The van der Waals surface area contributed by atoms with Crippen molar-refractivity contribution in [3.63, 3.8) is 0 Å². The monoisotopic (exact) mass is 425 g/mol. The third-order valence-corrected chi connectivity index (χ3v) is 5.75. The minimum Gasteiger partial charge on any atom is -0.457 e. The number of aromatic nitrogens is 3. The molecule has 4 aromatic rings. The zero-order valence-electron chi connectivity index (χ0n) is 17.5. The number of amides is 1. The van der Waals surface area contributed by atoms with Crippen molar-refractivity contribution in [3.8, 4) is 22.8 Å². The normalized spacial score (nSPS) is 15.8. The predicted molar refractivity (Wildman–Crippen MR) is 124 cm³/mol. The summed E-state index contributed by atoms with van der Waals surface area (Å²) in [5.41, 5.74) is 9.48. The van der Waals surface area contributed by atoms with Gasteiger partial charge in [0.1, 0.15) is 17.2 Å². The number of likely N-dealkylation sites (tertiary alicyclic amines) is 1. The third kappa shape index (κ3) is 3.58. The van der Waals surface area contributed by atoms with Gasteiger partial charge in [0.05, 0.1) is 35.0 Å². The second kappa shape index (κ2) is 8.19. The summed E-state index contributed by atoms with van der Waals surface area (Å²) in [6.07, 6.45) is 5.60. The predicted octanol–water partition coefficient (Wildman–Crippen LogP) is 4.43. The fourth-order valence-electron chi connectivity index (χ4n) is 4.17. The molecule has 3 heterocycles. The van der Waals surface area contributed by atoms with Crippen LogP contribution in [0, 0.1) is 0 Å². The molecule has 2 aromatic carbocycles. The zero-order chi connectivity index (χ0) is 22.1. The van der Waals surface area contributed by atoms with Crippen molar-refractivity contribution in [2.24, 2.45) is 0 Å². The van der Waals surface area contributed by atoms with Crippen LogP contribution in [0.25, 0.3) is 22.2 Å². The van der Waals surface area contributed by atoms with Gasteiger partial charge in [-0.1, -0.05) is 24.8 Å². The first-order valence-corrected chi connectivity index (χ1v) is 10.5. The second-order valence-corrected chi connectivity index (χ2v) is 7.79. The van der Waals surface area contributed by atoms with Crippen LogP contribution in [0.15, 0.2) is 79.6 Å². The Morgan fingerprint density at radius 3 is 2.59 bits per heavy atom. The van der Waals surface area contributed by atoms with Crippen molar-refractivity contribution in [2.75, 3.05) is 18.8 Å². The molecule has 5 rings (SSSR count). The average Bonchev–Trinajstić information content (AvgIpc) is 3.46. The summed E-state index contributed by atoms with van der Waals surface area (Å²) >= 11 is 0. The van der Waals surface area contributed by atoms with Gasteiger partial charge in [0, 0.05) is 18.7 Å². The maximum atomic E-state index is 12.0. The Hall–Kier alpha value is -4.13. The molecule has 1 aliphatic rings. The van der Waals surface area contributed by atoms with Crippen LogP contribution in [0.2, 0.25) is 0 Å². The second-order valence-electron chi connectivity index (χ2n) is 7.79. The van der Waals surface area contributed by atoms with Gasteiger partial charge < -0.3 is 15.4 Å². The molecule has 0 spiro atoms. The minimum atomic E-state index is -0.0594. The molecule has 1 amide bonds. The highest BCUT2D eigenvalue weighted by Gasteiger charge is 2.29. The number of pyridine rings is 1. The van der Waals surface area contributed by atoms with Crippen molar-refractivity contribution in [1.29, 1.82) is 0 Å². The van der Waals surface area contributed by atoms with Crippen molar-refractivity contribution < 1.29 is 9.53 Å². The Labute approximate surface area is 185 Å². The smallest absolute Gasteiger partial charge is 0.246 e. The topological polar surface area (TPSA) is 86.3 Å². The number of anilines is 1. The molecule has 1 fully saturated rings. The van der Waals surface area contributed by atoms with Gasteiger partial charge in [-0.05, 0) is 48.9 Å². The van der Waals surface area contributed by atoms with Gasteiger partial charge in [0.15, 0.2) is 0 Å². The maximum absolute atomic E-state index is 12.0. The Kier molecular flexibility index (Phi) is 5.07. The minimum absolute atomic E-state index is 0.0550. The zero-order valence-corrected chi connectivity index (χ0v) is 17.5. The van der Waals surface area contributed by atoms with Crippen LogP contribution in [-0.4, -0.2) is 38.7 Å². The molecule has 2 aromatic heterocycles. The number of benzene rings is 2. The molecule has 1 atom stereocenters. The highest BCUT2D eigenvalue weighted by atomic mass is 16.5. The van der Waals surface area contributed by atoms with Crippen LogP contribution >= 0.6 is 0 Å². The summed E-state index contributed by atoms with van der Waals surface area (Å²) in [7, 11) is 0. The quantitative estimate of drug-likeness (QED) is 0.478. The van der Waals surface area contributed by atoms with Crippen LogP contribution in [-0.2, 0) is 4.79 Å². The summed E-state index contributed by atoms with van der Waals surface area (Å²) in [6, 6.07) is 17.5. The number of nitrogens with two attached hydrogens (primary N) is 1. The van der Waals surface area contributed by atoms with Crippen molar-refractivity contribution in [2.45, 2.75) is 12.5 Å². The highest BCUT2D eigenvalue weighted by molar-refractivity contribution is 6.01. The Balaban J connectivity index is 1.49. The van der Waals surface area contributed by atoms with Crippen LogP contribution in [0.4, 0.5) is 5.69 Å². The van der Waals surface area contributed by atoms with E-state index in [2.05, 4.69) is 11.6 Å². The summed E-state index contributed by atoms with van der Waals surface area (Å²) in [6.45, 7) is 4.85. The van der Waals surface area contributed by atoms with Crippen molar-refractivity contribution in [3.05, 3.63) is 79.6 Å². The number of fused-ring (bicyclic) bond motifs is 1. The average molecular weight is 425 g/mol. The molecule has 2 N–H and O–H groups in total. The number of ether oxygens (including phenoxy) is 1. The molecule has 1 aliphatic heterocycles. The lowest BCUT2D eigenvalue weighted by atomic mass is 10.1. The van der Waals surface area contributed by atoms with E-state index >= 15 is 0 Å². The number of hydrogen-bond acceptors (Lipinski definition) is 5. The number of para-hydroxylation sites is 1. The molecule has 160 valence electrons. The maximum Gasteiger partial charge on any atom is 0.246 e. The number of rotatable bonds is 5. The van der Waals surface area contributed by atoms with E-state index in [0.29, 0.717) is 18.8 Å². The number of hydrogen-bond donors (Lipinski definition) is 1. The molecule has 32 heavy (non-hydrogen) atoms. The lowest BCUT2D eigenvalue weighted by Crippen LogP contribution is -2.27. The lowest BCUT2D eigenvalue weighted by molar-refractivity contribution is -0.125. The fourth-order valence-corrected chi connectivity index (χ4v) is 4.17. The summed E-state index contributed by atoms with van der Waals surface area (Å²) in [5, 5.41) is 5.79. The standard InChI is InChI=1S/C25H23N5O2/c1-2-23(31)29-13-12-18(16-29)30-22-15-27-14-21(26)24(22)25(28-30)17-8-10-20(11-9-17)32-19-6-4-3-5-7-19/h2-11,14-15,18H,1,12-13,16,26H2/t18-/m1/s1. The number of carbonyl (C=O) groups excluding carboxylic acids is 1. The summed E-state index contributed by atoms with van der Waals surface area (Å²) in [5.74, 6) is 1.47. The van der Waals surface area contributed by atoms with E-state index in [1.807, 2.05) is 59.3 Å². The Bertz CT molecular complexity index is 1280. The number of nitrogen functional groups attached to an aromatic ring is 1. The van der Waals surface area contributed by atoms with E-state index in [0.717, 1.165) is 40.1 Å². The van der Waals surface area contributed by atoms with Crippen molar-refractivity contribution >= 4 is 22.5 Å². The van der Waals surface area contributed by atoms with Gasteiger partial charge in [0.25, 0.3) is 0 Å². The van der Waals surface area contributed by atoms with Crippen LogP contribution in [0.3, 0.4) is 0 Å². The van der Waals surface area contributed by atoms with Crippen LogP contribution in [0.5, 0.6) is 11.5 Å². The first-order chi connectivity index (χ1) is 15.6. The molecular formula is C25H23N5O2. The Morgan fingerprint density at radius 2 is 1.84 bits per heavy atom. The van der Waals surface area contributed by atoms with Gasteiger partial charge in [-0.3, -0.25) is 14.5 Å². The first kappa shape index (κ1) is 19.8. The lowest BCUT2D eigenvalue weighted by Gasteiger charge is -2.15. The molecular weight excluding hydrogens is 402 g/mol. The molecule has 0 unspecified atom stereocenters. The molecule has 0 bridgehead atoms. The van der Waals surface area contributed by atoms with E-state index in [9.17, 15) is 4.79 Å². The van der Waals surface area contributed by atoms with Gasteiger partial charge in [-0.25, -0.2) is 0 Å². The van der Waals surface area contributed by atoms with Gasteiger partial charge in [0.2, 0.25) is 5.91 Å². The van der Waals surface area contributed by atoms with E-state index in [1.54, 1.807) is 17.3 Å². The van der Waals surface area contributed by atoms with Crippen LogP contribution < -0.4 is 10.5 Å².